The van der Waals surface area contributed by atoms with Crippen LogP contribution in [0.25, 0.3) is 16.7 Å². The highest BCUT2D eigenvalue weighted by Gasteiger charge is 2.30. The van der Waals surface area contributed by atoms with E-state index < -0.39 is 33.9 Å². The molecule has 0 saturated carbocycles. The third-order valence-corrected chi connectivity index (χ3v) is 9.02. The van der Waals surface area contributed by atoms with Crippen LogP contribution in [0.2, 0.25) is 0 Å². The number of sulfonamides is 1. The highest BCUT2D eigenvalue weighted by Crippen LogP contribution is 2.36. The third-order valence-electron chi connectivity index (χ3n) is 7.14. The number of aryl methyl sites for hydroxylation is 1. The second kappa shape index (κ2) is 10.1. The van der Waals surface area contributed by atoms with Crippen LogP contribution in [0.4, 0.5) is 19.0 Å². The quantitative estimate of drug-likeness (QED) is 0.356. The Morgan fingerprint density at radius 1 is 1.13 bits per heavy atom. The minimum Gasteiger partial charge on any atom is -0.363 e. The van der Waals surface area contributed by atoms with Crippen LogP contribution in [0.5, 0.6) is 0 Å². The van der Waals surface area contributed by atoms with E-state index in [4.69, 9.17) is 0 Å². The van der Waals surface area contributed by atoms with Crippen molar-refractivity contribution in [2.75, 3.05) is 24.2 Å². The number of hydrogen-bond acceptors (Lipinski definition) is 7. The number of anilines is 1. The summed E-state index contributed by atoms with van der Waals surface area (Å²) in [7, 11) is -3.26. The van der Waals surface area contributed by atoms with Crippen LogP contribution in [0.1, 0.15) is 67.6 Å². The lowest BCUT2D eigenvalue weighted by Crippen LogP contribution is -2.38. The molecule has 1 aliphatic heterocycles. The predicted octanol–water partition coefficient (Wildman–Crippen LogP) is 4.76. The minimum absolute atomic E-state index is 0.0288. The van der Waals surface area contributed by atoms with E-state index in [1.54, 1.807) is 31.5 Å². The molecule has 1 fully saturated rings. The Labute approximate surface area is 218 Å². The summed E-state index contributed by atoms with van der Waals surface area (Å²) in [4.78, 5) is 9.14. The standard InChI is InChI=1S/C25H28F3N7O2S/c1-4-38(36,37)34-10-8-16(9-11-34)19-12-20-23(31-15(3)32-24(20)35-13-29-33-25(19)35)30-14(2)17-6-5-7-18(21(17)26)22(27)28/h5-7,12-14,16,22H,4,8-11H2,1-3H3,(H,30,31,32)/t14-/m1/s1. The van der Waals surface area contributed by atoms with Crippen LogP contribution < -0.4 is 5.32 Å². The van der Waals surface area contributed by atoms with E-state index in [2.05, 4.69) is 25.5 Å². The molecule has 1 N–H and O–H groups in total. The van der Waals surface area contributed by atoms with Crippen LogP contribution in [0, 0.1) is 12.7 Å². The number of alkyl halides is 2. The van der Waals surface area contributed by atoms with Gasteiger partial charge in [-0.3, -0.25) is 4.40 Å². The summed E-state index contributed by atoms with van der Waals surface area (Å²) in [5.74, 6) is 0.0150. The average Bonchev–Trinajstić information content (AvgIpc) is 3.39. The van der Waals surface area contributed by atoms with Gasteiger partial charge >= 0.3 is 0 Å². The van der Waals surface area contributed by atoms with Gasteiger partial charge in [0.2, 0.25) is 10.0 Å². The zero-order valence-electron chi connectivity index (χ0n) is 21.2. The van der Waals surface area contributed by atoms with E-state index in [0.717, 1.165) is 11.6 Å². The smallest absolute Gasteiger partial charge is 0.266 e. The molecule has 1 aliphatic rings. The summed E-state index contributed by atoms with van der Waals surface area (Å²) in [5.41, 5.74) is 1.51. The molecule has 1 atom stereocenters. The molecule has 4 aromatic rings. The molecule has 1 aromatic carbocycles. The summed E-state index contributed by atoms with van der Waals surface area (Å²) >= 11 is 0. The number of halogens is 3. The normalized spacial score (nSPS) is 16.5. The first-order valence-electron chi connectivity index (χ1n) is 12.4. The topological polar surface area (TPSA) is 105 Å². The van der Waals surface area contributed by atoms with Crippen LogP contribution in [0.3, 0.4) is 0 Å². The number of nitrogens with zero attached hydrogens (tertiary/aromatic N) is 6. The second-order valence-electron chi connectivity index (χ2n) is 9.47. The Balaban J connectivity index is 1.55. The van der Waals surface area contributed by atoms with Crippen LogP contribution in [-0.4, -0.2) is 56.1 Å². The molecular formula is C25H28F3N7O2S. The number of nitrogens with one attached hydrogen (secondary N) is 1. The molecule has 0 unspecified atom stereocenters. The lowest BCUT2D eigenvalue weighted by molar-refractivity contribution is 0.146. The van der Waals surface area contributed by atoms with Gasteiger partial charge in [0.05, 0.1) is 22.7 Å². The molecule has 1 saturated heterocycles. The molecule has 13 heteroatoms. The first-order valence-corrected chi connectivity index (χ1v) is 14.0. The van der Waals surface area contributed by atoms with Gasteiger partial charge in [-0.1, -0.05) is 18.2 Å². The second-order valence-corrected chi connectivity index (χ2v) is 11.7. The van der Waals surface area contributed by atoms with E-state index in [-0.39, 0.29) is 17.2 Å². The van der Waals surface area contributed by atoms with Gasteiger partial charge in [-0.05, 0) is 45.6 Å². The van der Waals surface area contributed by atoms with Gasteiger partial charge in [-0.2, -0.15) is 0 Å². The number of piperidine rings is 1. The average molecular weight is 548 g/mol. The van der Waals surface area contributed by atoms with E-state index >= 15 is 0 Å². The first kappa shape index (κ1) is 26.3. The zero-order chi connectivity index (χ0) is 27.2. The summed E-state index contributed by atoms with van der Waals surface area (Å²) in [5, 5.41) is 12.2. The van der Waals surface area contributed by atoms with Gasteiger partial charge in [0, 0.05) is 24.2 Å². The number of hydrogen-bond donors (Lipinski definition) is 1. The summed E-state index contributed by atoms with van der Waals surface area (Å²) in [6.45, 7) is 5.86. The molecule has 9 nitrogen and oxygen atoms in total. The number of benzene rings is 1. The summed E-state index contributed by atoms with van der Waals surface area (Å²) in [6, 6.07) is 5.21. The van der Waals surface area contributed by atoms with Crippen molar-refractivity contribution in [3.8, 4) is 0 Å². The molecule has 0 bridgehead atoms. The zero-order valence-corrected chi connectivity index (χ0v) is 22.0. The van der Waals surface area contributed by atoms with E-state index in [1.807, 2.05) is 6.07 Å². The number of rotatable bonds is 7. The maximum Gasteiger partial charge on any atom is 0.266 e. The van der Waals surface area contributed by atoms with Crippen molar-refractivity contribution in [3.63, 3.8) is 0 Å². The van der Waals surface area contributed by atoms with Crippen LogP contribution in [0.15, 0.2) is 30.6 Å². The summed E-state index contributed by atoms with van der Waals surface area (Å²) in [6.07, 6.45) is -0.133. The van der Waals surface area contributed by atoms with Crippen molar-refractivity contribution in [3.05, 3.63) is 58.9 Å². The monoisotopic (exact) mass is 547 g/mol. The van der Waals surface area contributed by atoms with Crippen molar-refractivity contribution < 1.29 is 21.6 Å². The van der Waals surface area contributed by atoms with Gasteiger partial charge in [-0.25, -0.2) is 35.9 Å². The van der Waals surface area contributed by atoms with Gasteiger partial charge in [0.15, 0.2) is 11.3 Å². The molecule has 38 heavy (non-hydrogen) atoms. The Hall–Kier alpha value is -3.32. The van der Waals surface area contributed by atoms with Crippen molar-refractivity contribution in [2.45, 2.75) is 52.0 Å². The van der Waals surface area contributed by atoms with Gasteiger partial charge in [0.1, 0.15) is 23.8 Å². The Morgan fingerprint density at radius 3 is 2.53 bits per heavy atom. The predicted molar refractivity (Wildman–Crippen MR) is 137 cm³/mol. The fourth-order valence-corrected chi connectivity index (χ4v) is 6.21. The van der Waals surface area contributed by atoms with Crippen LogP contribution in [-0.2, 0) is 10.0 Å². The lowest BCUT2D eigenvalue weighted by atomic mass is 9.90. The highest BCUT2D eigenvalue weighted by molar-refractivity contribution is 7.89. The molecule has 4 heterocycles. The molecule has 0 spiro atoms. The van der Waals surface area contributed by atoms with Gasteiger partial charge in [-0.15, -0.1) is 10.2 Å². The van der Waals surface area contributed by atoms with Crippen molar-refractivity contribution in [2.24, 2.45) is 0 Å². The largest absolute Gasteiger partial charge is 0.363 e. The Kier molecular flexibility index (Phi) is 6.99. The Morgan fingerprint density at radius 2 is 1.84 bits per heavy atom. The number of fused-ring (bicyclic) bond motifs is 3. The minimum atomic E-state index is -3.26. The Bertz CT molecular complexity index is 1600. The van der Waals surface area contributed by atoms with Crippen molar-refractivity contribution >= 4 is 32.5 Å². The molecule has 3 aromatic heterocycles. The van der Waals surface area contributed by atoms with E-state index in [9.17, 15) is 21.6 Å². The fourth-order valence-electron chi connectivity index (χ4n) is 5.08. The van der Waals surface area contributed by atoms with E-state index in [1.165, 1.54) is 16.4 Å². The lowest BCUT2D eigenvalue weighted by Gasteiger charge is -2.31. The molecule has 5 rings (SSSR count). The van der Waals surface area contributed by atoms with Crippen LogP contribution >= 0.6 is 0 Å². The first-order chi connectivity index (χ1) is 18.1. The number of aromatic nitrogens is 5. The number of pyridine rings is 1. The molecular weight excluding hydrogens is 519 g/mol. The molecule has 202 valence electrons. The van der Waals surface area contributed by atoms with Gasteiger partial charge < -0.3 is 5.32 Å². The molecule has 0 radical (unpaired) electrons. The fraction of sp³-hybridized carbons (Fsp3) is 0.440. The van der Waals surface area contributed by atoms with E-state index in [0.29, 0.717) is 54.3 Å². The van der Waals surface area contributed by atoms with Crippen molar-refractivity contribution in [1.29, 1.82) is 0 Å². The SMILES string of the molecule is CCS(=O)(=O)N1CCC(c2cc3c(N[C@H](C)c4cccc(C(F)F)c4F)nc(C)nc3n3cnnc23)CC1. The molecule has 0 amide bonds. The maximum absolute atomic E-state index is 14.9. The molecule has 0 aliphatic carbocycles. The van der Waals surface area contributed by atoms with Crippen molar-refractivity contribution in [1.82, 2.24) is 28.9 Å². The summed E-state index contributed by atoms with van der Waals surface area (Å²) < 4.78 is 69.4. The van der Waals surface area contributed by atoms with Gasteiger partial charge in [0.25, 0.3) is 6.43 Å². The third kappa shape index (κ3) is 4.68. The highest BCUT2D eigenvalue weighted by atomic mass is 32.2. The maximum atomic E-state index is 14.9.